The van der Waals surface area contributed by atoms with Gasteiger partial charge in [-0.25, -0.2) is 27.9 Å². The number of nitrogens with one attached hydrogen (secondary N) is 3. The van der Waals surface area contributed by atoms with Gasteiger partial charge in [-0.1, -0.05) is 6.07 Å². The van der Waals surface area contributed by atoms with Crippen LogP contribution in [0.2, 0.25) is 0 Å². The summed E-state index contributed by atoms with van der Waals surface area (Å²) >= 11 is 0. The van der Waals surface area contributed by atoms with Gasteiger partial charge in [-0.05, 0) is 42.0 Å². The first-order valence-electron chi connectivity index (χ1n) is 13.1. The van der Waals surface area contributed by atoms with Crippen LogP contribution >= 0.6 is 0 Å². The molecule has 0 bridgehead atoms. The normalized spacial score (nSPS) is 15.1. The molecule has 1 fully saturated rings. The van der Waals surface area contributed by atoms with E-state index in [4.69, 9.17) is 10.5 Å². The van der Waals surface area contributed by atoms with Gasteiger partial charge >= 0.3 is 18.3 Å². The fraction of sp³-hybridized carbons (Fsp3) is 0.222. The summed E-state index contributed by atoms with van der Waals surface area (Å²) < 4.78 is 74.8. The van der Waals surface area contributed by atoms with Crippen LogP contribution in [0, 0.1) is 11.6 Å². The van der Waals surface area contributed by atoms with Crippen LogP contribution in [-0.2, 0) is 10.9 Å². The maximum absolute atomic E-state index is 15.1. The van der Waals surface area contributed by atoms with E-state index in [2.05, 4.69) is 20.7 Å². The number of morpholine rings is 1. The number of hydrogen-bond donors (Lipinski definition) is 5. The average molecular weight is 635 g/mol. The summed E-state index contributed by atoms with van der Waals surface area (Å²) in [6.45, 7) is 0.395. The zero-order chi connectivity index (χ0) is 32.5. The number of alkyl halides is 3. The van der Waals surface area contributed by atoms with Crippen molar-refractivity contribution in [2.24, 2.45) is 0 Å². The summed E-state index contributed by atoms with van der Waals surface area (Å²) in [6.07, 6.45) is -5.38. The number of carbonyl (C=O) groups excluding carboxylic acids is 2. The molecule has 13 nitrogen and oxygen atoms in total. The SMILES string of the molecule is Nc1ncnn2c(C(=O)NCC3CN(C(=O)O)CCO3)cc(-c3ccc(NC(=O)Nc4cc(C(F)(F)F)ccc4F)c(F)c3)c12. The van der Waals surface area contributed by atoms with Crippen LogP contribution < -0.4 is 21.7 Å². The molecule has 4 amide bonds. The first-order valence-corrected chi connectivity index (χ1v) is 13.1. The number of fused-ring (bicyclic) bond motifs is 1. The first kappa shape index (κ1) is 30.9. The molecule has 0 saturated carbocycles. The van der Waals surface area contributed by atoms with Crippen LogP contribution in [0.5, 0.6) is 0 Å². The van der Waals surface area contributed by atoms with Crippen molar-refractivity contribution in [1.29, 1.82) is 0 Å². The van der Waals surface area contributed by atoms with Gasteiger partial charge in [0.1, 0.15) is 29.2 Å². The summed E-state index contributed by atoms with van der Waals surface area (Å²) in [4.78, 5) is 41.9. The van der Waals surface area contributed by atoms with Crippen LogP contribution in [0.4, 0.5) is 48.7 Å². The van der Waals surface area contributed by atoms with Crippen LogP contribution in [0.3, 0.4) is 0 Å². The van der Waals surface area contributed by atoms with Gasteiger partial charge in [0, 0.05) is 18.7 Å². The fourth-order valence-electron chi connectivity index (χ4n) is 4.62. The lowest BCUT2D eigenvalue weighted by Crippen LogP contribution is -2.49. The highest BCUT2D eigenvalue weighted by atomic mass is 19.4. The van der Waals surface area contributed by atoms with E-state index in [0.29, 0.717) is 18.2 Å². The number of carbonyl (C=O) groups is 3. The minimum absolute atomic E-state index is 0.00917. The quantitative estimate of drug-likeness (QED) is 0.198. The van der Waals surface area contributed by atoms with E-state index >= 15 is 4.39 Å². The van der Waals surface area contributed by atoms with E-state index in [1.165, 1.54) is 21.5 Å². The van der Waals surface area contributed by atoms with E-state index < -0.39 is 58.9 Å². The Morgan fingerprint density at radius 1 is 1.04 bits per heavy atom. The number of halogens is 5. The molecule has 2 aromatic heterocycles. The maximum atomic E-state index is 15.1. The summed E-state index contributed by atoms with van der Waals surface area (Å²) in [5.74, 6) is -2.78. The summed E-state index contributed by atoms with van der Waals surface area (Å²) in [5.41, 5.74) is 4.28. The number of nitrogens with zero attached hydrogens (tertiary/aromatic N) is 4. The van der Waals surface area contributed by atoms with E-state index in [0.717, 1.165) is 18.5 Å². The average Bonchev–Trinajstić information content (AvgIpc) is 3.39. The molecule has 1 unspecified atom stereocenters. The predicted octanol–water partition coefficient (Wildman–Crippen LogP) is 4.03. The molecular weight excluding hydrogens is 611 g/mol. The number of aromatic nitrogens is 3. The number of carboxylic acid groups (broad SMARTS) is 1. The molecule has 2 aromatic carbocycles. The lowest BCUT2D eigenvalue weighted by molar-refractivity contribution is -0.137. The van der Waals surface area contributed by atoms with Gasteiger partial charge in [0.15, 0.2) is 5.82 Å². The first-order chi connectivity index (χ1) is 21.3. The van der Waals surface area contributed by atoms with Gasteiger partial charge in [0.25, 0.3) is 5.91 Å². The van der Waals surface area contributed by atoms with E-state index in [-0.39, 0.29) is 54.4 Å². The van der Waals surface area contributed by atoms with E-state index in [9.17, 15) is 37.1 Å². The number of anilines is 3. The maximum Gasteiger partial charge on any atom is 0.416 e. The Hall–Kier alpha value is -5.52. The summed E-state index contributed by atoms with van der Waals surface area (Å²) in [5, 5.41) is 20.0. The Balaban J connectivity index is 1.34. The predicted molar refractivity (Wildman–Crippen MR) is 149 cm³/mol. The third kappa shape index (κ3) is 6.69. The van der Waals surface area contributed by atoms with Crippen LogP contribution in [-0.4, -0.2) is 75.0 Å². The number of hydrogen-bond acceptors (Lipinski definition) is 7. The zero-order valence-electron chi connectivity index (χ0n) is 22.9. The number of urea groups is 1. The fourth-order valence-corrected chi connectivity index (χ4v) is 4.62. The van der Waals surface area contributed by atoms with Crippen molar-refractivity contribution in [3.05, 3.63) is 71.7 Å². The van der Waals surface area contributed by atoms with Gasteiger partial charge in [-0.2, -0.15) is 18.3 Å². The molecule has 4 aromatic rings. The summed E-state index contributed by atoms with van der Waals surface area (Å²) in [6, 6.07) is 5.13. The van der Waals surface area contributed by atoms with Crippen molar-refractivity contribution < 1.29 is 46.2 Å². The second-order valence-corrected chi connectivity index (χ2v) is 9.75. The largest absolute Gasteiger partial charge is 0.465 e. The number of amides is 4. The lowest BCUT2D eigenvalue weighted by atomic mass is 10.1. The van der Waals surface area contributed by atoms with Crippen LogP contribution in [0.1, 0.15) is 16.1 Å². The number of ether oxygens (including phenoxy) is 1. The minimum atomic E-state index is -4.78. The highest BCUT2D eigenvalue weighted by molar-refractivity contribution is 6.01. The molecule has 0 aliphatic carbocycles. The standard InChI is InChI=1S/C27H23F5N8O5/c28-17-3-2-14(27(30,31)32)8-20(17)38-25(42)37-19-4-1-13(7-18(19)29)16-9-21(40-22(16)23(33)35-12-36-40)24(41)34-10-15-11-39(26(43)44)5-6-45-15/h1-4,7-9,12,15H,5-6,10-11H2,(H,34,41)(H,43,44)(H2,33,35,36)(H2,37,38,42). The van der Waals surface area contributed by atoms with Crippen LogP contribution in [0.25, 0.3) is 16.6 Å². The molecule has 3 heterocycles. The Labute approximate surface area is 249 Å². The van der Waals surface area contributed by atoms with Crippen LogP contribution in [0.15, 0.2) is 48.8 Å². The number of nitrogen functional groups attached to an aromatic ring is 1. The molecule has 5 rings (SSSR count). The molecule has 1 aliphatic rings. The Morgan fingerprint density at radius 3 is 2.51 bits per heavy atom. The number of benzene rings is 2. The topological polar surface area (TPSA) is 176 Å². The van der Waals surface area contributed by atoms with Crippen molar-refractivity contribution in [1.82, 2.24) is 24.8 Å². The third-order valence-electron chi connectivity index (χ3n) is 6.79. The highest BCUT2D eigenvalue weighted by Crippen LogP contribution is 2.33. The van der Waals surface area contributed by atoms with Crippen molar-refractivity contribution in [3.63, 3.8) is 0 Å². The molecule has 236 valence electrons. The van der Waals surface area contributed by atoms with Gasteiger partial charge in [0.2, 0.25) is 0 Å². The molecule has 18 heteroatoms. The Morgan fingerprint density at radius 2 is 1.80 bits per heavy atom. The Kier molecular flexibility index (Phi) is 8.40. The highest BCUT2D eigenvalue weighted by Gasteiger charge is 2.31. The van der Waals surface area contributed by atoms with Gasteiger partial charge in [-0.3, -0.25) is 4.79 Å². The molecule has 45 heavy (non-hydrogen) atoms. The lowest BCUT2D eigenvalue weighted by Gasteiger charge is -2.30. The van der Waals surface area contributed by atoms with Gasteiger partial charge in [0.05, 0.1) is 36.2 Å². The monoisotopic (exact) mass is 634 g/mol. The molecule has 1 aliphatic heterocycles. The Bertz CT molecular complexity index is 1800. The minimum Gasteiger partial charge on any atom is -0.465 e. The molecule has 1 saturated heterocycles. The van der Waals surface area contributed by atoms with E-state index in [1.54, 1.807) is 0 Å². The summed E-state index contributed by atoms with van der Waals surface area (Å²) in [7, 11) is 0. The molecule has 0 spiro atoms. The number of rotatable bonds is 6. The third-order valence-corrected chi connectivity index (χ3v) is 6.79. The smallest absolute Gasteiger partial charge is 0.416 e. The second-order valence-electron chi connectivity index (χ2n) is 9.75. The van der Waals surface area contributed by atoms with Gasteiger partial charge < -0.3 is 36.4 Å². The second kappa shape index (κ2) is 12.2. The molecular formula is C27H23F5N8O5. The van der Waals surface area contributed by atoms with Crippen molar-refractivity contribution >= 4 is 40.7 Å². The molecule has 1 atom stereocenters. The molecule has 6 N–H and O–H groups in total. The molecule has 0 radical (unpaired) electrons. The zero-order valence-corrected chi connectivity index (χ0v) is 22.9. The van der Waals surface area contributed by atoms with Crippen molar-refractivity contribution in [2.75, 3.05) is 42.6 Å². The number of nitrogens with two attached hydrogens (primary N) is 1. The van der Waals surface area contributed by atoms with Gasteiger partial charge in [-0.15, -0.1) is 0 Å². The van der Waals surface area contributed by atoms with Crippen molar-refractivity contribution in [3.8, 4) is 11.1 Å². The van der Waals surface area contributed by atoms with Crippen molar-refractivity contribution in [2.45, 2.75) is 12.3 Å². The van der Waals surface area contributed by atoms with E-state index in [1.807, 2.05) is 5.32 Å².